The molecule has 0 aromatic heterocycles. The smallest absolute Gasteiger partial charge is 0.314 e. The maximum Gasteiger partial charge on any atom is 0.314 e. The predicted octanol–water partition coefficient (Wildman–Crippen LogP) is 0.949. The van der Waals surface area contributed by atoms with E-state index < -0.39 is 0 Å². The van der Waals surface area contributed by atoms with Crippen LogP contribution in [0.1, 0.15) is 40.0 Å². The third kappa shape index (κ3) is 9.08. The van der Waals surface area contributed by atoms with Crippen LogP contribution in [0.3, 0.4) is 0 Å². The summed E-state index contributed by atoms with van der Waals surface area (Å²) in [6, 6.07) is 0.118. The van der Waals surface area contributed by atoms with Crippen LogP contribution in [0.4, 0.5) is 4.79 Å². The van der Waals surface area contributed by atoms with E-state index in [9.17, 15) is 9.59 Å². The average Bonchev–Trinajstić information content (AvgIpc) is 2.57. The van der Waals surface area contributed by atoms with Crippen molar-refractivity contribution in [2.24, 2.45) is 5.92 Å². The average molecular weight is 342 g/mol. The summed E-state index contributed by atoms with van der Waals surface area (Å²) in [7, 11) is 0. The normalized spacial score (nSPS) is 16.7. The molecule has 3 amide bonds. The van der Waals surface area contributed by atoms with Gasteiger partial charge in [-0.25, -0.2) is 4.79 Å². The van der Waals surface area contributed by atoms with Crippen LogP contribution in [0, 0.1) is 5.92 Å². The largest absolute Gasteiger partial charge is 0.379 e. The Labute approximate surface area is 145 Å². The minimum Gasteiger partial charge on any atom is -0.379 e. The Hall–Kier alpha value is -1.34. The monoisotopic (exact) mass is 342 g/mol. The van der Waals surface area contributed by atoms with E-state index in [1.54, 1.807) is 0 Å². The van der Waals surface area contributed by atoms with Gasteiger partial charge in [-0.3, -0.25) is 9.69 Å². The number of urea groups is 1. The van der Waals surface area contributed by atoms with Crippen molar-refractivity contribution in [1.82, 2.24) is 20.9 Å². The van der Waals surface area contributed by atoms with Gasteiger partial charge in [0, 0.05) is 45.2 Å². The number of carbonyl (C=O) groups excluding carboxylic acids is 2. The van der Waals surface area contributed by atoms with Crippen molar-refractivity contribution >= 4 is 11.9 Å². The minimum absolute atomic E-state index is 0.0249. The zero-order valence-corrected chi connectivity index (χ0v) is 15.4. The van der Waals surface area contributed by atoms with Crippen molar-refractivity contribution < 1.29 is 14.3 Å². The number of amides is 3. The van der Waals surface area contributed by atoms with Crippen molar-refractivity contribution in [2.75, 3.05) is 45.9 Å². The molecule has 1 aliphatic heterocycles. The summed E-state index contributed by atoms with van der Waals surface area (Å²) in [6.07, 6.45) is 2.27. The van der Waals surface area contributed by atoms with Crippen molar-refractivity contribution in [2.45, 2.75) is 46.1 Å². The van der Waals surface area contributed by atoms with Crippen LogP contribution in [0.5, 0.6) is 0 Å². The third-order valence-corrected chi connectivity index (χ3v) is 4.01. The van der Waals surface area contributed by atoms with Crippen LogP contribution in [-0.4, -0.2) is 68.8 Å². The summed E-state index contributed by atoms with van der Waals surface area (Å²) < 4.78 is 5.40. The molecule has 24 heavy (non-hydrogen) atoms. The third-order valence-electron chi connectivity index (χ3n) is 4.01. The highest BCUT2D eigenvalue weighted by Crippen LogP contribution is 2.12. The van der Waals surface area contributed by atoms with Crippen molar-refractivity contribution in [3.05, 3.63) is 0 Å². The predicted molar refractivity (Wildman–Crippen MR) is 95.0 cm³/mol. The van der Waals surface area contributed by atoms with Gasteiger partial charge < -0.3 is 20.7 Å². The number of nitrogens with one attached hydrogen (secondary N) is 3. The summed E-state index contributed by atoms with van der Waals surface area (Å²) in [5.74, 6) is 0.549. The molecule has 1 unspecified atom stereocenters. The number of morpholine rings is 1. The number of hydrogen-bond acceptors (Lipinski definition) is 4. The summed E-state index contributed by atoms with van der Waals surface area (Å²) in [4.78, 5) is 25.8. The lowest BCUT2D eigenvalue weighted by molar-refractivity contribution is -0.120. The molecule has 0 aromatic carbocycles. The van der Waals surface area contributed by atoms with Crippen LogP contribution >= 0.6 is 0 Å². The van der Waals surface area contributed by atoms with E-state index in [0.29, 0.717) is 38.0 Å². The first-order valence-corrected chi connectivity index (χ1v) is 9.13. The van der Waals surface area contributed by atoms with Gasteiger partial charge in [0.2, 0.25) is 5.91 Å². The molecule has 140 valence electrons. The number of rotatable bonds is 10. The Kier molecular flexibility index (Phi) is 10.4. The zero-order chi connectivity index (χ0) is 17.8. The Morgan fingerprint density at radius 2 is 1.79 bits per heavy atom. The standard InChI is InChI=1S/C17H34N4O3/c1-4-6-18-16(22)5-7-19-17(23)20-13-15(12-14(2)3)21-8-10-24-11-9-21/h14-15H,4-13H2,1-3H3,(H,18,22)(H2,19,20,23). The van der Waals surface area contributed by atoms with Gasteiger partial charge in [0.05, 0.1) is 13.2 Å². The fourth-order valence-electron chi connectivity index (χ4n) is 2.76. The molecular weight excluding hydrogens is 308 g/mol. The Morgan fingerprint density at radius 1 is 1.08 bits per heavy atom. The highest BCUT2D eigenvalue weighted by Gasteiger charge is 2.22. The minimum atomic E-state index is -0.208. The molecule has 0 bridgehead atoms. The van der Waals surface area contributed by atoms with E-state index in [2.05, 4.69) is 34.7 Å². The lowest BCUT2D eigenvalue weighted by atomic mass is 10.0. The van der Waals surface area contributed by atoms with Crippen molar-refractivity contribution in [3.8, 4) is 0 Å². The number of carbonyl (C=O) groups is 2. The van der Waals surface area contributed by atoms with E-state index in [1.807, 2.05) is 6.92 Å². The quantitative estimate of drug-likeness (QED) is 0.552. The van der Waals surface area contributed by atoms with E-state index >= 15 is 0 Å². The van der Waals surface area contributed by atoms with Gasteiger partial charge in [-0.1, -0.05) is 20.8 Å². The van der Waals surface area contributed by atoms with E-state index in [1.165, 1.54) is 0 Å². The molecule has 0 aliphatic carbocycles. The molecular formula is C17H34N4O3. The summed E-state index contributed by atoms with van der Waals surface area (Å²) >= 11 is 0. The topological polar surface area (TPSA) is 82.7 Å². The van der Waals surface area contributed by atoms with Crippen LogP contribution in [0.15, 0.2) is 0 Å². The lowest BCUT2D eigenvalue weighted by Crippen LogP contribution is -2.50. The lowest BCUT2D eigenvalue weighted by Gasteiger charge is -2.35. The molecule has 1 aliphatic rings. The molecule has 7 heteroatoms. The fourth-order valence-corrected chi connectivity index (χ4v) is 2.76. The van der Waals surface area contributed by atoms with Crippen LogP contribution in [0.2, 0.25) is 0 Å². The van der Waals surface area contributed by atoms with E-state index in [4.69, 9.17) is 4.74 Å². The number of nitrogens with zero attached hydrogens (tertiary/aromatic N) is 1. The van der Waals surface area contributed by atoms with Gasteiger partial charge in [0.15, 0.2) is 0 Å². The molecule has 0 aromatic rings. The second kappa shape index (κ2) is 12.1. The molecule has 0 saturated carbocycles. The zero-order valence-electron chi connectivity index (χ0n) is 15.4. The maximum absolute atomic E-state index is 11.9. The van der Waals surface area contributed by atoms with Crippen LogP contribution in [-0.2, 0) is 9.53 Å². The van der Waals surface area contributed by atoms with Crippen molar-refractivity contribution in [3.63, 3.8) is 0 Å². The van der Waals surface area contributed by atoms with Gasteiger partial charge in [-0.15, -0.1) is 0 Å². The Bertz CT molecular complexity index is 371. The highest BCUT2D eigenvalue weighted by molar-refractivity contribution is 5.78. The molecule has 7 nitrogen and oxygen atoms in total. The fraction of sp³-hybridized carbons (Fsp3) is 0.882. The SMILES string of the molecule is CCCNC(=O)CCNC(=O)NCC(CC(C)C)N1CCOCC1. The second-order valence-corrected chi connectivity index (χ2v) is 6.67. The molecule has 1 heterocycles. The first-order valence-electron chi connectivity index (χ1n) is 9.13. The summed E-state index contributed by atoms with van der Waals surface area (Å²) in [5.41, 5.74) is 0. The maximum atomic E-state index is 11.9. The first kappa shape index (κ1) is 20.7. The second-order valence-electron chi connectivity index (χ2n) is 6.67. The first-order chi connectivity index (χ1) is 11.5. The Balaban J connectivity index is 2.26. The summed E-state index contributed by atoms with van der Waals surface area (Å²) in [5, 5.41) is 8.48. The van der Waals surface area contributed by atoms with Gasteiger partial charge in [-0.2, -0.15) is 0 Å². The molecule has 0 radical (unpaired) electrons. The van der Waals surface area contributed by atoms with Crippen LogP contribution < -0.4 is 16.0 Å². The molecule has 0 spiro atoms. The molecule has 1 fully saturated rings. The molecule has 3 N–H and O–H groups in total. The molecule has 1 rings (SSSR count). The van der Waals surface area contributed by atoms with E-state index in [-0.39, 0.29) is 11.9 Å². The van der Waals surface area contributed by atoms with Crippen molar-refractivity contribution in [1.29, 1.82) is 0 Å². The number of hydrogen-bond donors (Lipinski definition) is 3. The van der Waals surface area contributed by atoms with Gasteiger partial charge in [0.1, 0.15) is 0 Å². The van der Waals surface area contributed by atoms with Gasteiger partial charge >= 0.3 is 6.03 Å². The Morgan fingerprint density at radius 3 is 2.42 bits per heavy atom. The van der Waals surface area contributed by atoms with Gasteiger partial charge in [-0.05, 0) is 18.8 Å². The summed E-state index contributed by atoms with van der Waals surface area (Å²) in [6.45, 7) is 11.4. The van der Waals surface area contributed by atoms with E-state index in [0.717, 1.165) is 39.1 Å². The van der Waals surface area contributed by atoms with Crippen LogP contribution in [0.25, 0.3) is 0 Å². The molecule has 1 saturated heterocycles. The molecule has 1 atom stereocenters. The highest BCUT2D eigenvalue weighted by atomic mass is 16.5. The van der Waals surface area contributed by atoms with Gasteiger partial charge in [0.25, 0.3) is 0 Å². The number of ether oxygens (including phenoxy) is 1.